The summed E-state index contributed by atoms with van der Waals surface area (Å²) in [4.78, 5) is 40.6. The van der Waals surface area contributed by atoms with Crippen LogP contribution >= 0.6 is 11.8 Å². The molecule has 4 rings (SSSR count). The number of aromatic nitrogens is 5. The fourth-order valence-corrected chi connectivity index (χ4v) is 3.82. The Morgan fingerprint density at radius 3 is 2.56 bits per heavy atom. The molecule has 0 aliphatic heterocycles. The van der Waals surface area contributed by atoms with Gasteiger partial charge >= 0.3 is 11.7 Å². The lowest BCUT2D eigenvalue weighted by Crippen LogP contribution is -2.18. The number of benzene rings is 1. The summed E-state index contributed by atoms with van der Waals surface area (Å²) in [5.74, 6) is -0.729. The van der Waals surface area contributed by atoms with Gasteiger partial charge in [-0.1, -0.05) is 42.1 Å². The molecule has 1 aromatic carbocycles. The van der Waals surface area contributed by atoms with E-state index in [9.17, 15) is 19.8 Å². The fraction of sp³-hybridized carbons (Fsp3) is 0.200. The highest BCUT2D eigenvalue weighted by molar-refractivity contribution is 7.99. The van der Waals surface area contributed by atoms with Crippen molar-refractivity contribution in [1.82, 2.24) is 24.2 Å². The van der Waals surface area contributed by atoms with Crippen LogP contribution in [0.1, 0.15) is 18.4 Å². The van der Waals surface area contributed by atoms with Crippen LogP contribution in [0.2, 0.25) is 0 Å². The number of hydrogen-bond acceptors (Lipinski definition) is 9. The fourth-order valence-electron chi connectivity index (χ4n) is 3.03. The van der Waals surface area contributed by atoms with Gasteiger partial charge in [0.1, 0.15) is 5.52 Å². The molecule has 0 aliphatic carbocycles. The molecule has 0 unspecified atom stereocenters. The van der Waals surface area contributed by atoms with Gasteiger partial charge < -0.3 is 25.8 Å². The van der Waals surface area contributed by atoms with Crippen LogP contribution in [0.15, 0.2) is 52.4 Å². The van der Waals surface area contributed by atoms with Gasteiger partial charge in [0.25, 0.3) is 0 Å². The summed E-state index contributed by atoms with van der Waals surface area (Å²) >= 11 is 1.29. The lowest BCUT2D eigenvalue weighted by atomic mass is 10.2. The van der Waals surface area contributed by atoms with Crippen molar-refractivity contribution < 1.29 is 19.8 Å². The Labute approximate surface area is 185 Å². The third kappa shape index (κ3) is 4.54. The van der Waals surface area contributed by atoms with Crippen molar-refractivity contribution in [3.05, 3.63) is 58.5 Å². The molecule has 3 aromatic heterocycles. The molecule has 0 amide bonds. The zero-order valence-electron chi connectivity index (χ0n) is 16.8. The van der Waals surface area contributed by atoms with E-state index >= 15 is 0 Å². The number of nitrogens with zero attached hydrogens (tertiary/aromatic N) is 4. The van der Waals surface area contributed by atoms with E-state index in [1.807, 2.05) is 30.3 Å². The van der Waals surface area contributed by atoms with Crippen molar-refractivity contribution >= 4 is 34.7 Å². The van der Waals surface area contributed by atoms with Crippen LogP contribution in [-0.4, -0.2) is 46.2 Å². The first kappa shape index (κ1) is 21.3. The first-order valence-corrected chi connectivity index (χ1v) is 10.6. The average Bonchev–Trinajstić information content (AvgIpc) is 3.26. The summed E-state index contributed by atoms with van der Waals surface area (Å²) in [5, 5.41) is 19.4. The Kier molecular flexibility index (Phi) is 6.03. The molecular weight excluding hydrogens is 436 g/mol. The lowest BCUT2D eigenvalue weighted by molar-refractivity contribution is -0.145. The Balaban J connectivity index is 1.40. The predicted molar refractivity (Wildman–Crippen MR) is 117 cm³/mol. The number of nitrogen functional groups attached to an aromatic ring is 1. The monoisotopic (exact) mass is 456 g/mol. The molecule has 5 N–H and O–H groups in total. The molecule has 0 spiro atoms. The van der Waals surface area contributed by atoms with Gasteiger partial charge in [-0.2, -0.15) is 0 Å². The standard InChI is InChI=1S/C20H20N6O5S/c21-17-16-18(25(20(30)22-16)11-12-5-2-1-3-6-12)24-19(23-17)32-10-4-7-15(29)31-26-13(27)8-9-14(26)28/h1-3,5-6,8-9,27-28H,4,7,10-11H2,(H,22,30)(H2,21,23,24). The first-order chi connectivity index (χ1) is 15.4. The minimum atomic E-state index is -0.620. The first-order valence-electron chi connectivity index (χ1n) is 9.66. The average molecular weight is 456 g/mol. The second-order valence-electron chi connectivity index (χ2n) is 6.85. The quantitative estimate of drug-likeness (QED) is 0.175. The van der Waals surface area contributed by atoms with Crippen LogP contribution in [0.5, 0.6) is 11.8 Å². The van der Waals surface area contributed by atoms with Gasteiger partial charge in [-0.3, -0.25) is 4.57 Å². The van der Waals surface area contributed by atoms with Gasteiger partial charge in [0.05, 0.1) is 6.54 Å². The maximum atomic E-state index is 12.4. The number of hydrogen-bond donors (Lipinski definition) is 4. The van der Waals surface area contributed by atoms with Crippen molar-refractivity contribution in [3.63, 3.8) is 0 Å². The molecule has 166 valence electrons. The van der Waals surface area contributed by atoms with Crippen molar-refractivity contribution in [2.24, 2.45) is 0 Å². The van der Waals surface area contributed by atoms with E-state index in [0.29, 0.717) is 39.8 Å². The third-order valence-electron chi connectivity index (χ3n) is 4.56. The van der Waals surface area contributed by atoms with Gasteiger partial charge in [0.2, 0.25) is 11.8 Å². The van der Waals surface area contributed by atoms with Crippen LogP contribution in [0.25, 0.3) is 11.2 Å². The molecule has 0 atom stereocenters. The second-order valence-corrected chi connectivity index (χ2v) is 7.91. The maximum absolute atomic E-state index is 12.4. The number of thioether (sulfide) groups is 1. The number of H-pyrrole nitrogens is 1. The number of nitrogens with two attached hydrogens (primary N) is 1. The van der Waals surface area contributed by atoms with Gasteiger partial charge in [-0.15, -0.1) is 4.73 Å². The van der Waals surface area contributed by atoms with E-state index in [1.165, 1.54) is 28.5 Å². The summed E-state index contributed by atoms with van der Waals surface area (Å²) in [6.07, 6.45) is 0.474. The molecular formula is C20H20N6O5S. The summed E-state index contributed by atoms with van der Waals surface area (Å²) < 4.78 is 2.14. The van der Waals surface area contributed by atoms with Gasteiger partial charge in [0.15, 0.2) is 16.6 Å². The Morgan fingerprint density at radius 1 is 1.12 bits per heavy atom. The van der Waals surface area contributed by atoms with Crippen LogP contribution in [-0.2, 0) is 11.3 Å². The number of aromatic hydroxyl groups is 2. The van der Waals surface area contributed by atoms with E-state index in [0.717, 1.165) is 5.56 Å². The zero-order valence-corrected chi connectivity index (χ0v) is 17.6. The van der Waals surface area contributed by atoms with Crippen LogP contribution in [0, 0.1) is 0 Å². The van der Waals surface area contributed by atoms with Crippen LogP contribution < -0.4 is 16.3 Å². The molecule has 3 heterocycles. The lowest BCUT2D eigenvalue weighted by Gasteiger charge is -2.07. The number of anilines is 1. The summed E-state index contributed by atoms with van der Waals surface area (Å²) in [6, 6.07) is 11.9. The largest absolute Gasteiger partial charge is 0.492 e. The normalized spacial score (nSPS) is 11.1. The minimum Gasteiger partial charge on any atom is -0.492 e. The highest BCUT2D eigenvalue weighted by Crippen LogP contribution is 2.22. The number of imidazole rings is 1. The number of rotatable bonds is 8. The molecule has 12 heteroatoms. The summed E-state index contributed by atoms with van der Waals surface area (Å²) in [7, 11) is 0. The van der Waals surface area contributed by atoms with Gasteiger partial charge in [0, 0.05) is 24.3 Å². The molecule has 0 saturated carbocycles. The number of carbonyl (C=O) groups excluding carboxylic acids is 1. The van der Waals surface area contributed by atoms with E-state index in [2.05, 4.69) is 15.0 Å². The van der Waals surface area contributed by atoms with Gasteiger partial charge in [-0.05, 0) is 12.0 Å². The molecule has 0 bridgehead atoms. The molecule has 4 aromatic rings. The third-order valence-corrected chi connectivity index (χ3v) is 5.49. The molecule has 0 radical (unpaired) electrons. The van der Waals surface area contributed by atoms with Crippen LogP contribution in [0.3, 0.4) is 0 Å². The summed E-state index contributed by atoms with van der Waals surface area (Å²) in [5.41, 5.74) is 7.42. The van der Waals surface area contributed by atoms with Crippen LogP contribution in [0.4, 0.5) is 5.82 Å². The van der Waals surface area contributed by atoms with E-state index in [1.54, 1.807) is 0 Å². The van der Waals surface area contributed by atoms with Crippen molar-refractivity contribution in [2.45, 2.75) is 24.5 Å². The molecule has 11 nitrogen and oxygen atoms in total. The molecule has 32 heavy (non-hydrogen) atoms. The van der Waals surface area contributed by atoms with Gasteiger partial charge in [-0.25, -0.2) is 19.6 Å². The van der Waals surface area contributed by atoms with Crippen molar-refractivity contribution in [1.29, 1.82) is 0 Å². The minimum absolute atomic E-state index is 0.0463. The summed E-state index contributed by atoms with van der Waals surface area (Å²) in [6.45, 7) is 0.338. The second kappa shape index (κ2) is 9.06. The van der Waals surface area contributed by atoms with E-state index < -0.39 is 5.97 Å². The topological polar surface area (TPSA) is 161 Å². The van der Waals surface area contributed by atoms with Crippen molar-refractivity contribution in [3.8, 4) is 11.8 Å². The van der Waals surface area contributed by atoms with E-state index in [-0.39, 0.29) is 29.7 Å². The SMILES string of the molecule is Nc1nc(SCCCC(=O)On2c(O)ccc2O)nc2c1[nH]c(=O)n2Cc1ccccc1. The molecule has 0 aliphatic rings. The molecule has 0 saturated heterocycles. The predicted octanol–water partition coefficient (Wildman–Crippen LogP) is 1.49. The zero-order chi connectivity index (χ0) is 22.7. The highest BCUT2D eigenvalue weighted by atomic mass is 32.2. The number of nitrogens with one attached hydrogen (secondary N) is 1. The Hall–Kier alpha value is -3.93. The van der Waals surface area contributed by atoms with E-state index in [4.69, 9.17) is 10.6 Å². The molecule has 0 fully saturated rings. The number of carbonyl (C=O) groups is 1. The smallest absolute Gasteiger partial charge is 0.333 e. The Morgan fingerprint density at radius 2 is 1.84 bits per heavy atom. The van der Waals surface area contributed by atoms with Crippen molar-refractivity contribution in [2.75, 3.05) is 11.5 Å². The highest BCUT2D eigenvalue weighted by Gasteiger charge is 2.15. The number of fused-ring (bicyclic) bond motifs is 1. The number of aromatic amines is 1. The Bertz CT molecular complexity index is 1290. The maximum Gasteiger partial charge on any atom is 0.333 e.